The normalized spacial score (nSPS) is 10.4. The maximum absolute atomic E-state index is 12.9. The van der Waals surface area contributed by atoms with Gasteiger partial charge in [0.1, 0.15) is 5.82 Å². The molecule has 11 heteroatoms. The molecule has 2 N–H and O–H groups in total. The lowest BCUT2D eigenvalue weighted by atomic mass is 10.1. The number of hydrogen-bond acceptors (Lipinski definition) is 7. The van der Waals surface area contributed by atoms with Crippen molar-refractivity contribution < 1.29 is 28.2 Å². The SMILES string of the molecule is COc1cc(C(=O)NCCn2cc(C(=O)NCc3ccc(F)cc3)nn2)cc(OC)c1OC. The molecule has 0 bridgehead atoms. The number of amides is 2. The van der Waals surface area contributed by atoms with E-state index in [1.165, 1.54) is 44.3 Å². The van der Waals surface area contributed by atoms with Gasteiger partial charge in [0.25, 0.3) is 11.8 Å². The zero-order valence-corrected chi connectivity index (χ0v) is 18.4. The summed E-state index contributed by atoms with van der Waals surface area (Å²) < 4.78 is 30.2. The number of nitrogens with one attached hydrogen (secondary N) is 2. The third kappa shape index (κ3) is 5.97. The van der Waals surface area contributed by atoms with Crippen molar-refractivity contribution >= 4 is 11.8 Å². The molecule has 0 saturated heterocycles. The average Bonchev–Trinajstić information content (AvgIpc) is 3.31. The molecule has 0 aliphatic rings. The second-order valence-corrected chi connectivity index (χ2v) is 6.85. The predicted molar refractivity (Wildman–Crippen MR) is 116 cm³/mol. The van der Waals surface area contributed by atoms with Gasteiger partial charge in [-0.2, -0.15) is 0 Å². The van der Waals surface area contributed by atoms with E-state index in [1.807, 2.05) is 0 Å². The number of benzene rings is 2. The van der Waals surface area contributed by atoms with E-state index in [-0.39, 0.29) is 30.5 Å². The molecular formula is C22H24FN5O5. The Kier molecular flexibility index (Phi) is 7.79. The standard InChI is InChI=1S/C22H24FN5O5/c1-31-18-10-15(11-19(32-2)20(18)33-3)21(29)24-8-9-28-13-17(26-27-28)22(30)25-12-14-4-6-16(23)7-5-14/h4-7,10-11,13H,8-9,12H2,1-3H3,(H,24,29)(H,25,30). The van der Waals surface area contributed by atoms with E-state index in [4.69, 9.17) is 14.2 Å². The molecule has 3 aromatic rings. The minimum Gasteiger partial charge on any atom is -0.493 e. The van der Waals surface area contributed by atoms with Crippen molar-refractivity contribution in [3.8, 4) is 17.2 Å². The Labute approximate surface area is 189 Å². The molecule has 0 spiro atoms. The summed E-state index contributed by atoms with van der Waals surface area (Å²) in [7, 11) is 4.42. The Morgan fingerprint density at radius 1 is 0.970 bits per heavy atom. The van der Waals surface area contributed by atoms with Crippen molar-refractivity contribution in [2.75, 3.05) is 27.9 Å². The maximum Gasteiger partial charge on any atom is 0.273 e. The van der Waals surface area contributed by atoms with Crippen LogP contribution in [0.25, 0.3) is 0 Å². The van der Waals surface area contributed by atoms with Gasteiger partial charge in [-0.15, -0.1) is 5.10 Å². The van der Waals surface area contributed by atoms with Gasteiger partial charge >= 0.3 is 0 Å². The fourth-order valence-corrected chi connectivity index (χ4v) is 2.99. The second kappa shape index (κ2) is 10.9. The molecule has 174 valence electrons. The van der Waals surface area contributed by atoms with Gasteiger partial charge in [-0.05, 0) is 29.8 Å². The van der Waals surface area contributed by atoms with Gasteiger partial charge in [0, 0.05) is 18.7 Å². The number of ether oxygens (including phenoxy) is 3. The highest BCUT2D eigenvalue weighted by Gasteiger charge is 2.17. The van der Waals surface area contributed by atoms with E-state index < -0.39 is 5.91 Å². The smallest absolute Gasteiger partial charge is 0.273 e. The third-order valence-electron chi connectivity index (χ3n) is 4.69. The van der Waals surface area contributed by atoms with Crippen LogP contribution in [0, 0.1) is 5.82 Å². The first-order valence-electron chi connectivity index (χ1n) is 9.96. The highest BCUT2D eigenvalue weighted by Crippen LogP contribution is 2.38. The van der Waals surface area contributed by atoms with Gasteiger partial charge in [0.2, 0.25) is 5.75 Å². The highest BCUT2D eigenvalue weighted by molar-refractivity contribution is 5.95. The van der Waals surface area contributed by atoms with E-state index in [0.717, 1.165) is 5.56 Å². The van der Waals surface area contributed by atoms with Crippen LogP contribution in [0.3, 0.4) is 0 Å². The lowest BCUT2D eigenvalue weighted by molar-refractivity contribution is 0.0939. The molecule has 0 fully saturated rings. The minimum absolute atomic E-state index is 0.132. The summed E-state index contributed by atoms with van der Waals surface area (Å²) in [4.78, 5) is 24.8. The van der Waals surface area contributed by atoms with Crippen LogP contribution in [-0.4, -0.2) is 54.7 Å². The van der Waals surface area contributed by atoms with Gasteiger partial charge in [-0.3, -0.25) is 9.59 Å². The largest absolute Gasteiger partial charge is 0.493 e. The predicted octanol–water partition coefficient (Wildman–Crippen LogP) is 1.80. The van der Waals surface area contributed by atoms with Crippen LogP contribution in [0.2, 0.25) is 0 Å². The molecule has 0 atom stereocenters. The zero-order chi connectivity index (χ0) is 23.8. The van der Waals surface area contributed by atoms with Crippen LogP contribution in [0.1, 0.15) is 26.4 Å². The first kappa shape index (κ1) is 23.5. The van der Waals surface area contributed by atoms with Crippen molar-refractivity contribution in [2.24, 2.45) is 0 Å². The van der Waals surface area contributed by atoms with E-state index >= 15 is 0 Å². The summed E-state index contributed by atoms with van der Waals surface area (Å²) in [6, 6.07) is 8.92. The van der Waals surface area contributed by atoms with Crippen LogP contribution < -0.4 is 24.8 Å². The van der Waals surface area contributed by atoms with E-state index in [1.54, 1.807) is 24.3 Å². The van der Waals surface area contributed by atoms with Crippen molar-refractivity contribution in [2.45, 2.75) is 13.1 Å². The first-order chi connectivity index (χ1) is 15.9. The molecule has 1 heterocycles. The second-order valence-electron chi connectivity index (χ2n) is 6.85. The lowest BCUT2D eigenvalue weighted by Crippen LogP contribution is -2.27. The number of hydrogen-bond donors (Lipinski definition) is 2. The number of nitrogens with zero attached hydrogens (tertiary/aromatic N) is 3. The van der Waals surface area contributed by atoms with Crippen molar-refractivity contribution in [3.63, 3.8) is 0 Å². The van der Waals surface area contributed by atoms with Crippen molar-refractivity contribution in [1.82, 2.24) is 25.6 Å². The maximum atomic E-state index is 12.9. The number of methoxy groups -OCH3 is 3. The van der Waals surface area contributed by atoms with Gasteiger partial charge in [0.05, 0.1) is 34.1 Å². The summed E-state index contributed by atoms with van der Waals surface area (Å²) in [5.41, 5.74) is 1.23. The zero-order valence-electron chi connectivity index (χ0n) is 18.4. The minimum atomic E-state index is -0.410. The molecule has 2 amide bonds. The Morgan fingerprint density at radius 3 is 2.24 bits per heavy atom. The summed E-state index contributed by atoms with van der Waals surface area (Å²) >= 11 is 0. The average molecular weight is 457 g/mol. The van der Waals surface area contributed by atoms with Crippen LogP contribution in [-0.2, 0) is 13.1 Å². The van der Waals surface area contributed by atoms with Gasteiger partial charge in [-0.1, -0.05) is 17.3 Å². The van der Waals surface area contributed by atoms with Gasteiger partial charge < -0.3 is 24.8 Å². The molecule has 0 aliphatic carbocycles. The highest BCUT2D eigenvalue weighted by atomic mass is 19.1. The van der Waals surface area contributed by atoms with Crippen LogP contribution >= 0.6 is 0 Å². The van der Waals surface area contributed by atoms with E-state index in [0.29, 0.717) is 29.4 Å². The molecule has 3 rings (SSSR count). The molecule has 0 radical (unpaired) electrons. The number of halogens is 1. The molecule has 0 saturated carbocycles. The fraction of sp³-hybridized carbons (Fsp3) is 0.273. The molecule has 2 aromatic carbocycles. The summed E-state index contributed by atoms with van der Waals surface area (Å²) in [5, 5.41) is 13.2. The summed E-state index contributed by atoms with van der Waals surface area (Å²) in [6.45, 7) is 0.778. The fourth-order valence-electron chi connectivity index (χ4n) is 2.99. The van der Waals surface area contributed by atoms with Gasteiger partial charge in [0.15, 0.2) is 17.2 Å². The molecule has 0 aliphatic heterocycles. The van der Waals surface area contributed by atoms with Gasteiger partial charge in [-0.25, -0.2) is 9.07 Å². The van der Waals surface area contributed by atoms with E-state index in [9.17, 15) is 14.0 Å². The number of aromatic nitrogens is 3. The van der Waals surface area contributed by atoms with Crippen LogP contribution in [0.5, 0.6) is 17.2 Å². The van der Waals surface area contributed by atoms with Crippen molar-refractivity contribution in [1.29, 1.82) is 0 Å². The van der Waals surface area contributed by atoms with Crippen molar-refractivity contribution in [3.05, 3.63) is 65.2 Å². The molecule has 33 heavy (non-hydrogen) atoms. The van der Waals surface area contributed by atoms with Crippen LogP contribution in [0.15, 0.2) is 42.6 Å². The first-order valence-corrected chi connectivity index (χ1v) is 9.96. The third-order valence-corrected chi connectivity index (χ3v) is 4.69. The quantitative estimate of drug-likeness (QED) is 0.477. The van der Waals surface area contributed by atoms with Crippen LogP contribution in [0.4, 0.5) is 4.39 Å². The monoisotopic (exact) mass is 457 g/mol. The summed E-state index contributed by atoms with van der Waals surface area (Å²) in [6.07, 6.45) is 1.48. The number of carbonyl (C=O) groups excluding carboxylic acids is 2. The van der Waals surface area contributed by atoms with E-state index in [2.05, 4.69) is 20.9 Å². The Balaban J connectivity index is 1.52. The summed E-state index contributed by atoms with van der Waals surface area (Å²) in [5.74, 6) is 0.0394. The number of carbonyl (C=O) groups is 2. The topological polar surface area (TPSA) is 117 Å². The Bertz CT molecular complexity index is 1090. The molecule has 10 nitrogen and oxygen atoms in total. The molecular weight excluding hydrogens is 433 g/mol. The Morgan fingerprint density at radius 2 is 1.64 bits per heavy atom. The Hall–Kier alpha value is -4.15. The molecule has 1 aromatic heterocycles. The number of rotatable bonds is 10. The lowest BCUT2D eigenvalue weighted by Gasteiger charge is -2.14. The molecule has 0 unspecified atom stereocenters.